The third-order valence-electron chi connectivity index (χ3n) is 4.63. The number of rotatable bonds is 7. The van der Waals surface area contributed by atoms with Crippen molar-refractivity contribution in [2.24, 2.45) is 0 Å². The zero-order valence-corrected chi connectivity index (χ0v) is 15.3. The lowest BCUT2D eigenvalue weighted by atomic mass is 10.1. The standard InChI is InChI=1S/C23H22N2O2/c1-26-21-13-7-8-14-22(21)27-17-23-24-19-11-5-6-12-20(19)25(23)16-15-18-9-3-2-4-10-18/h2-14H,15-17H2,1H3. The number of hydrogen-bond donors (Lipinski definition) is 0. The summed E-state index contributed by atoms with van der Waals surface area (Å²) in [6.45, 7) is 1.25. The minimum absolute atomic E-state index is 0.393. The van der Waals surface area contributed by atoms with Crippen LogP contribution in [-0.4, -0.2) is 16.7 Å². The van der Waals surface area contributed by atoms with Gasteiger partial charge in [0.2, 0.25) is 0 Å². The highest BCUT2D eigenvalue weighted by Crippen LogP contribution is 2.27. The van der Waals surface area contributed by atoms with Crippen LogP contribution >= 0.6 is 0 Å². The van der Waals surface area contributed by atoms with E-state index in [-0.39, 0.29) is 0 Å². The Balaban J connectivity index is 1.59. The van der Waals surface area contributed by atoms with E-state index in [0.29, 0.717) is 6.61 Å². The summed E-state index contributed by atoms with van der Waals surface area (Å²) in [4.78, 5) is 4.79. The molecule has 3 aromatic carbocycles. The van der Waals surface area contributed by atoms with Crippen LogP contribution in [0.4, 0.5) is 0 Å². The van der Waals surface area contributed by atoms with Gasteiger partial charge in [-0.3, -0.25) is 0 Å². The van der Waals surface area contributed by atoms with Gasteiger partial charge >= 0.3 is 0 Å². The largest absolute Gasteiger partial charge is 0.493 e. The molecule has 0 saturated carbocycles. The van der Waals surface area contributed by atoms with Gasteiger partial charge in [-0.1, -0.05) is 54.6 Å². The zero-order chi connectivity index (χ0) is 18.5. The van der Waals surface area contributed by atoms with E-state index in [9.17, 15) is 0 Å². The normalized spacial score (nSPS) is 10.9. The van der Waals surface area contributed by atoms with E-state index in [4.69, 9.17) is 14.5 Å². The molecule has 4 rings (SSSR count). The molecule has 1 aromatic heterocycles. The Morgan fingerprint density at radius 3 is 2.33 bits per heavy atom. The Morgan fingerprint density at radius 1 is 0.815 bits per heavy atom. The van der Waals surface area contributed by atoms with Crippen molar-refractivity contribution < 1.29 is 9.47 Å². The van der Waals surface area contributed by atoms with E-state index in [1.165, 1.54) is 5.56 Å². The van der Waals surface area contributed by atoms with Crippen LogP contribution in [0.15, 0.2) is 78.9 Å². The highest BCUT2D eigenvalue weighted by Gasteiger charge is 2.12. The van der Waals surface area contributed by atoms with Crippen LogP contribution in [0.5, 0.6) is 11.5 Å². The van der Waals surface area contributed by atoms with Crippen molar-refractivity contribution in [1.29, 1.82) is 0 Å². The molecule has 0 radical (unpaired) electrons. The maximum atomic E-state index is 6.03. The lowest BCUT2D eigenvalue weighted by molar-refractivity contribution is 0.272. The minimum Gasteiger partial charge on any atom is -0.493 e. The lowest BCUT2D eigenvalue weighted by Gasteiger charge is -2.12. The maximum Gasteiger partial charge on any atom is 0.161 e. The fourth-order valence-electron chi connectivity index (χ4n) is 3.25. The van der Waals surface area contributed by atoms with Crippen LogP contribution in [0.2, 0.25) is 0 Å². The molecule has 0 aliphatic carbocycles. The number of nitrogens with zero attached hydrogens (tertiary/aromatic N) is 2. The Hall–Kier alpha value is -3.27. The second kappa shape index (κ2) is 7.96. The van der Waals surface area contributed by atoms with E-state index in [2.05, 4.69) is 34.9 Å². The smallest absolute Gasteiger partial charge is 0.161 e. The molecule has 27 heavy (non-hydrogen) atoms. The number of imidazole rings is 1. The number of ether oxygens (including phenoxy) is 2. The van der Waals surface area contributed by atoms with Gasteiger partial charge in [0.1, 0.15) is 12.4 Å². The molecule has 0 amide bonds. The third kappa shape index (κ3) is 3.80. The van der Waals surface area contributed by atoms with Crippen LogP contribution in [0.1, 0.15) is 11.4 Å². The Bertz CT molecular complexity index is 1020. The van der Waals surface area contributed by atoms with Crippen molar-refractivity contribution in [3.63, 3.8) is 0 Å². The molecule has 0 spiro atoms. The number of para-hydroxylation sites is 4. The molecule has 0 N–H and O–H groups in total. The highest BCUT2D eigenvalue weighted by molar-refractivity contribution is 5.75. The Morgan fingerprint density at radius 2 is 1.52 bits per heavy atom. The van der Waals surface area contributed by atoms with Crippen molar-refractivity contribution in [3.8, 4) is 11.5 Å². The number of hydrogen-bond acceptors (Lipinski definition) is 3. The first kappa shape index (κ1) is 17.2. The summed E-state index contributed by atoms with van der Waals surface area (Å²) >= 11 is 0. The van der Waals surface area contributed by atoms with Crippen molar-refractivity contribution in [3.05, 3.63) is 90.3 Å². The van der Waals surface area contributed by atoms with Crippen LogP contribution in [0.25, 0.3) is 11.0 Å². The molecule has 0 bridgehead atoms. The molecule has 4 aromatic rings. The summed E-state index contributed by atoms with van der Waals surface area (Å²) in [5.74, 6) is 2.36. The molecule has 0 atom stereocenters. The van der Waals surface area contributed by atoms with E-state index in [1.54, 1.807) is 7.11 Å². The van der Waals surface area contributed by atoms with Gasteiger partial charge in [-0.05, 0) is 36.2 Å². The van der Waals surface area contributed by atoms with Gasteiger partial charge in [-0.25, -0.2) is 4.98 Å². The van der Waals surface area contributed by atoms with Gasteiger partial charge in [0.15, 0.2) is 11.5 Å². The third-order valence-corrected chi connectivity index (χ3v) is 4.63. The highest BCUT2D eigenvalue weighted by atomic mass is 16.5. The summed E-state index contributed by atoms with van der Waals surface area (Å²) in [6.07, 6.45) is 0.947. The molecule has 0 fully saturated rings. The van der Waals surface area contributed by atoms with Crippen LogP contribution in [-0.2, 0) is 19.6 Å². The number of fused-ring (bicyclic) bond motifs is 1. The van der Waals surface area contributed by atoms with E-state index in [1.807, 2.05) is 48.5 Å². The van der Waals surface area contributed by atoms with Gasteiger partial charge in [0, 0.05) is 6.54 Å². The number of methoxy groups -OCH3 is 1. The van der Waals surface area contributed by atoms with Crippen molar-refractivity contribution >= 4 is 11.0 Å². The monoisotopic (exact) mass is 358 g/mol. The fraction of sp³-hybridized carbons (Fsp3) is 0.174. The first-order valence-corrected chi connectivity index (χ1v) is 9.09. The van der Waals surface area contributed by atoms with Gasteiger partial charge in [0.25, 0.3) is 0 Å². The van der Waals surface area contributed by atoms with Crippen molar-refractivity contribution in [2.45, 2.75) is 19.6 Å². The molecule has 4 heteroatoms. The lowest BCUT2D eigenvalue weighted by Crippen LogP contribution is -2.09. The maximum absolute atomic E-state index is 6.03. The fourth-order valence-corrected chi connectivity index (χ4v) is 3.25. The molecule has 1 heterocycles. The average molecular weight is 358 g/mol. The van der Waals surface area contributed by atoms with Gasteiger partial charge in [-0.15, -0.1) is 0 Å². The molecule has 0 aliphatic heterocycles. The van der Waals surface area contributed by atoms with E-state index < -0.39 is 0 Å². The minimum atomic E-state index is 0.393. The summed E-state index contributed by atoms with van der Waals surface area (Å²) in [5, 5.41) is 0. The summed E-state index contributed by atoms with van der Waals surface area (Å²) in [6, 6.07) is 26.4. The van der Waals surface area contributed by atoms with E-state index >= 15 is 0 Å². The predicted octanol–water partition coefficient (Wildman–Crippen LogP) is 4.87. The molecule has 136 valence electrons. The quantitative estimate of drug-likeness (QED) is 0.473. The van der Waals surface area contributed by atoms with E-state index in [0.717, 1.165) is 41.3 Å². The summed E-state index contributed by atoms with van der Waals surface area (Å²) in [5.41, 5.74) is 3.43. The molecule has 4 nitrogen and oxygen atoms in total. The van der Waals surface area contributed by atoms with Crippen LogP contribution in [0.3, 0.4) is 0 Å². The van der Waals surface area contributed by atoms with Crippen LogP contribution < -0.4 is 9.47 Å². The zero-order valence-electron chi connectivity index (χ0n) is 15.3. The Kier molecular flexibility index (Phi) is 5.06. The van der Waals surface area contributed by atoms with Gasteiger partial charge in [-0.2, -0.15) is 0 Å². The predicted molar refractivity (Wildman–Crippen MR) is 107 cm³/mol. The first-order chi connectivity index (χ1) is 13.3. The first-order valence-electron chi connectivity index (χ1n) is 9.09. The molecule has 0 saturated heterocycles. The summed E-state index contributed by atoms with van der Waals surface area (Å²) in [7, 11) is 1.65. The number of aryl methyl sites for hydroxylation is 2. The second-order valence-corrected chi connectivity index (χ2v) is 6.34. The van der Waals surface area contributed by atoms with Gasteiger partial charge in [0.05, 0.1) is 18.1 Å². The topological polar surface area (TPSA) is 36.3 Å². The average Bonchev–Trinajstić information content (AvgIpc) is 3.09. The molecular weight excluding hydrogens is 336 g/mol. The summed E-state index contributed by atoms with van der Waals surface area (Å²) < 4.78 is 13.7. The van der Waals surface area contributed by atoms with Gasteiger partial charge < -0.3 is 14.0 Å². The van der Waals surface area contributed by atoms with Crippen molar-refractivity contribution in [1.82, 2.24) is 9.55 Å². The number of aromatic nitrogens is 2. The molecular formula is C23H22N2O2. The Labute approximate surface area is 159 Å². The molecule has 0 aliphatic rings. The SMILES string of the molecule is COc1ccccc1OCc1nc2ccccc2n1CCc1ccccc1. The second-order valence-electron chi connectivity index (χ2n) is 6.34. The molecule has 0 unspecified atom stereocenters. The van der Waals surface area contributed by atoms with Crippen LogP contribution in [0, 0.1) is 0 Å². The number of benzene rings is 3. The van der Waals surface area contributed by atoms with Crippen molar-refractivity contribution in [2.75, 3.05) is 7.11 Å².